The monoisotopic (exact) mass is 274 g/mol. The highest BCUT2D eigenvalue weighted by molar-refractivity contribution is 5.20. The molecule has 0 bridgehead atoms. The molecule has 0 aliphatic rings. The van der Waals surface area contributed by atoms with Gasteiger partial charge in [-0.3, -0.25) is 0 Å². The third-order valence-corrected chi connectivity index (χ3v) is 4.60. The van der Waals surface area contributed by atoms with Crippen molar-refractivity contribution in [3.8, 4) is 0 Å². The van der Waals surface area contributed by atoms with Gasteiger partial charge in [0.2, 0.25) is 0 Å². The van der Waals surface area contributed by atoms with Crippen LogP contribution in [0.25, 0.3) is 0 Å². The Kier molecular flexibility index (Phi) is 9.45. The lowest BCUT2D eigenvalue weighted by Gasteiger charge is -2.27. The highest BCUT2D eigenvalue weighted by atomic mass is 14.2. The lowest BCUT2D eigenvalue weighted by molar-refractivity contribution is 0.352. The van der Waals surface area contributed by atoms with Gasteiger partial charge in [-0.15, -0.1) is 0 Å². The van der Waals surface area contributed by atoms with Gasteiger partial charge in [-0.25, -0.2) is 0 Å². The average molecular weight is 274 g/mol. The Morgan fingerprint density at radius 1 is 0.750 bits per heavy atom. The second kappa shape index (κ2) is 10.9. The molecule has 0 N–H and O–H groups in total. The van der Waals surface area contributed by atoms with E-state index in [0.29, 0.717) is 0 Å². The first kappa shape index (κ1) is 17.3. The zero-order valence-corrected chi connectivity index (χ0v) is 13.9. The molecule has 0 saturated heterocycles. The van der Waals surface area contributed by atoms with Crippen LogP contribution in [0.1, 0.15) is 90.0 Å². The van der Waals surface area contributed by atoms with Crippen molar-refractivity contribution in [3.05, 3.63) is 35.9 Å². The lowest BCUT2D eigenvalue weighted by Crippen LogP contribution is -2.12. The number of benzene rings is 1. The summed E-state index contributed by atoms with van der Waals surface area (Å²) in [6.45, 7) is 6.99. The van der Waals surface area contributed by atoms with Crippen molar-refractivity contribution in [2.75, 3.05) is 0 Å². The summed E-state index contributed by atoms with van der Waals surface area (Å²) in [5.41, 5.74) is 1.57. The summed E-state index contributed by atoms with van der Waals surface area (Å²) in [4.78, 5) is 0. The molecule has 0 radical (unpaired) electrons. The van der Waals surface area contributed by atoms with Crippen molar-refractivity contribution >= 4 is 0 Å². The molecule has 0 spiro atoms. The molecule has 2 unspecified atom stereocenters. The lowest BCUT2D eigenvalue weighted by atomic mass is 9.78. The number of hydrogen-bond acceptors (Lipinski definition) is 0. The smallest absolute Gasteiger partial charge is 0.0134 e. The predicted molar refractivity (Wildman–Crippen MR) is 91.2 cm³/mol. The van der Waals surface area contributed by atoms with Crippen molar-refractivity contribution in [3.63, 3.8) is 0 Å². The predicted octanol–water partition coefficient (Wildman–Crippen LogP) is 6.96. The van der Waals surface area contributed by atoms with E-state index in [0.717, 1.165) is 11.8 Å². The molecule has 0 nitrogen and oxygen atoms in total. The Morgan fingerprint density at radius 3 is 2.05 bits per heavy atom. The highest BCUT2D eigenvalue weighted by Gasteiger charge is 2.20. The SMILES string of the molecule is CCCCCCCC(c1ccccc1)C(CC)CCC. The Balaban J connectivity index is 2.59. The van der Waals surface area contributed by atoms with Crippen LogP contribution in [0.5, 0.6) is 0 Å². The Labute approximate surface area is 127 Å². The topological polar surface area (TPSA) is 0 Å². The molecule has 20 heavy (non-hydrogen) atoms. The molecule has 0 saturated carbocycles. The molecule has 114 valence electrons. The van der Waals surface area contributed by atoms with Gasteiger partial charge in [0.25, 0.3) is 0 Å². The minimum absolute atomic E-state index is 0.780. The van der Waals surface area contributed by atoms with E-state index in [1.54, 1.807) is 5.56 Å². The molecule has 0 aliphatic heterocycles. The van der Waals surface area contributed by atoms with Crippen molar-refractivity contribution in [2.24, 2.45) is 5.92 Å². The van der Waals surface area contributed by atoms with Crippen LogP contribution >= 0.6 is 0 Å². The Bertz CT molecular complexity index is 314. The van der Waals surface area contributed by atoms with Gasteiger partial charge in [-0.1, -0.05) is 102 Å². The van der Waals surface area contributed by atoms with E-state index in [1.165, 1.54) is 57.8 Å². The normalized spacial score (nSPS) is 14.2. The van der Waals surface area contributed by atoms with Gasteiger partial charge in [0.05, 0.1) is 0 Å². The third kappa shape index (κ3) is 6.11. The average Bonchev–Trinajstić information content (AvgIpc) is 2.50. The van der Waals surface area contributed by atoms with Crippen LogP contribution in [0.15, 0.2) is 30.3 Å². The van der Waals surface area contributed by atoms with Gasteiger partial charge in [0.15, 0.2) is 0 Å². The first-order valence-corrected chi connectivity index (χ1v) is 8.88. The second-order valence-corrected chi connectivity index (χ2v) is 6.18. The van der Waals surface area contributed by atoms with Gasteiger partial charge in [-0.2, -0.15) is 0 Å². The molecule has 0 aliphatic carbocycles. The fourth-order valence-electron chi connectivity index (χ4n) is 3.40. The van der Waals surface area contributed by atoms with E-state index in [4.69, 9.17) is 0 Å². The van der Waals surface area contributed by atoms with Crippen LogP contribution in [0.4, 0.5) is 0 Å². The van der Waals surface area contributed by atoms with Crippen LogP contribution in [0.2, 0.25) is 0 Å². The molecule has 1 rings (SSSR count). The maximum Gasteiger partial charge on any atom is -0.0134 e. The number of rotatable bonds is 11. The van der Waals surface area contributed by atoms with Gasteiger partial charge in [0.1, 0.15) is 0 Å². The summed E-state index contributed by atoms with van der Waals surface area (Å²) in [6, 6.07) is 11.2. The summed E-state index contributed by atoms with van der Waals surface area (Å²) >= 11 is 0. The molecule has 0 aromatic heterocycles. The van der Waals surface area contributed by atoms with E-state index in [2.05, 4.69) is 51.1 Å². The zero-order chi connectivity index (χ0) is 14.6. The summed E-state index contributed by atoms with van der Waals surface area (Å²) in [7, 11) is 0. The van der Waals surface area contributed by atoms with Crippen molar-refractivity contribution < 1.29 is 0 Å². The van der Waals surface area contributed by atoms with E-state index < -0.39 is 0 Å². The first-order valence-electron chi connectivity index (χ1n) is 8.88. The van der Waals surface area contributed by atoms with E-state index >= 15 is 0 Å². The Morgan fingerprint density at radius 2 is 1.45 bits per heavy atom. The molecule has 0 fully saturated rings. The maximum atomic E-state index is 2.37. The summed E-state index contributed by atoms with van der Waals surface area (Å²) in [5, 5.41) is 0. The van der Waals surface area contributed by atoms with Crippen LogP contribution in [0, 0.1) is 5.92 Å². The van der Waals surface area contributed by atoms with E-state index in [9.17, 15) is 0 Å². The third-order valence-electron chi connectivity index (χ3n) is 4.60. The molecule has 0 heterocycles. The Hall–Kier alpha value is -0.780. The minimum atomic E-state index is 0.780. The fourth-order valence-corrected chi connectivity index (χ4v) is 3.40. The van der Waals surface area contributed by atoms with Gasteiger partial charge in [-0.05, 0) is 23.8 Å². The van der Waals surface area contributed by atoms with Crippen LogP contribution in [-0.2, 0) is 0 Å². The zero-order valence-electron chi connectivity index (χ0n) is 13.9. The maximum absolute atomic E-state index is 2.37. The largest absolute Gasteiger partial charge is 0.0654 e. The van der Waals surface area contributed by atoms with Gasteiger partial charge in [0, 0.05) is 0 Å². The fraction of sp³-hybridized carbons (Fsp3) is 0.700. The summed E-state index contributed by atoms with van der Waals surface area (Å²) < 4.78 is 0. The van der Waals surface area contributed by atoms with Crippen molar-refractivity contribution in [2.45, 2.75) is 84.5 Å². The quantitative estimate of drug-likeness (QED) is 0.383. The standard InChI is InChI=1S/C20H34/c1-4-7-8-9-13-17-20(18(6-3)14-5-2)19-15-11-10-12-16-19/h10-12,15-16,18,20H,4-9,13-14,17H2,1-3H3. The van der Waals surface area contributed by atoms with Crippen LogP contribution in [0.3, 0.4) is 0 Å². The summed E-state index contributed by atoms with van der Waals surface area (Å²) in [5.74, 6) is 1.65. The number of hydrogen-bond donors (Lipinski definition) is 0. The molecule has 2 atom stereocenters. The molecule has 1 aromatic carbocycles. The van der Waals surface area contributed by atoms with E-state index in [-0.39, 0.29) is 0 Å². The molecule has 0 heteroatoms. The van der Waals surface area contributed by atoms with Crippen LogP contribution in [-0.4, -0.2) is 0 Å². The van der Waals surface area contributed by atoms with E-state index in [1.807, 2.05) is 0 Å². The molecule has 1 aromatic rings. The molecular weight excluding hydrogens is 240 g/mol. The highest BCUT2D eigenvalue weighted by Crippen LogP contribution is 2.35. The minimum Gasteiger partial charge on any atom is -0.0654 e. The van der Waals surface area contributed by atoms with Gasteiger partial charge >= 0.3 is 0 Å². The van der Waals surface area contributed by atoms with Crippen LogP contribution < -0.4 is 0 Å². The number of unbranched alkanes of at least 4 members (excludes halogenated alkanes) is 4. The van der Waals surface area contributed by atoms with Gasteiger partial charge < -0.3 is 0 Å². The molecule has 0 amide bonds. The second-order valence-electron chi connectivity index (χ2n) is 6.18. The summed E-state index contributed by atoms with van der Waals surface area (Å²) in [6.07, 6.45) is 12.4. The molecular formula is C20H34. The van der Waals surface area contributed by atoms with Crippen molar-refractivity contribution in [1.29, 1.82) is 0 Å². The first-order chi connectivity index (χ1) is 9.83. The van der Waals surface area contributed by atoms with Crippen molar-refractivity contribution in [1.82, 2.24) is 0 Å².